The second-order valence-corrected chi connectivity index (χ2v) is 27.9. The molecular formula is C79H90N12O9S. The minimum atomic E-state index is -4.32. The van der Waals surface area contributed by atoms with Crippen molar-refractivity contribution in [2.24, 2.45) is 0 Å². The Hall–Kier alpha value is -10.9. The second-order valence-electron chi connectivity index (χ2n) is 26.3. The van der Waals surface area contributed by atoms with Crippen molar-refractivity contribution < 1.29 is 41.9 Å². The molecule has 526 valence electrons. The van der Waals surface area contributed by atoms with E-state index in [1.165, 1.54) is 0 Å². The highest BCUT2D eigenvalue weighted by Crippen LogP contribution is 2.44. The number of hydrogen-bond donors (Lipinski definition) is 9. The standard InChI is InChI=1S/C79H90N12O9S/c1-8-42-90(43-9-2)76(97)68(45-57-48-82-64-39-26-25-38-62(57)64)88-73(94)65(40-27-41-81-77(80)89-101(98,99)71-53(4)52(3)70-63(54(71)5)47-78(6,7)100-70)86-74(95)66(44-55-28-15-10-16-29-55)87-75(96)67(85-69(92)49-83-72(93)56-30-17-11-18-31-56)46-61-50-91(51-84-61)79(58-32-19-12-20-33-58,59-34-21-13-22-35-59)60-36-23-14-24-37-60/h10-26,28-39,48,50-51,65-68,82H,8-9,27,40-47,49H2,1-7H3,(H,83,93)(H,85,92)(H,86,95)(H,87,96)(H,88,94)(H3,80,81,89)/t65-,66+,67-,68-/m0/s1. The van der Waals surface area contributed by atoms with E-state index in [0.717, 1.165) is 38.7 Å². The molecule has 0 spiro atoms. The Kier molecular flexibility index (Phi) is 23.7. The third-order valence-electron chi connectivity index (χ3n) is 18.4. The van der Waals surface area contributed by atoms with Crippen LogP contribution >= 0.6 is 0 Å². The lowest BCUT2D eigenvalue weighted by molar-refractivity contribution is -0.138. The van der Waals surface area contributed by atoms with Crippen molar-refractivity contribution in [3.63, 3.8) is 0 Å². The number of aromatic amines is 1. The number of imidazole rings is 1. The Bertz CT molecular complexity index is 4410. The number of guanidine groups is 1. The summed E-state index contributed by atoms with van der Waals surface area (Å²) in [6.45, 7) is 13.4. The van der Waals surface area contributed by atoms with Gasteiger partial charge in [0.15, 0.2) is 0 Å². The quantitative estimate of drug-likeness (QED) is 0.00854. The molecule has 1 aliphatic heterocycles. The Morgan fingerprint density at radius 3 is 1.78 bits per heavy atom. The van der Waals surface area contributed by atoms with Gasteiger partial charge in [-0.15, -0.1) is 0 Å². The van der Waals surface area contributed by atoms with E-state index in [0.29, 0.717) is 71.6 Å². The maximum absolute atomic E-state index is 15.5. The summed E-state index contributed by atoms with van der Waals surface area (Å²) in [6, 6.07) is 49.4. The van der Waals surface area contributed by atoms with Gasteiger partial charge in [0.1, 0.15) is 41.1 Å². The summed E-state index contributed by atoms with van der Waals surface area (Å²) in [5, 5.41) is 27.0. The predicted octanol–water partition coefficient (Wildman–Crippen LogP) is 9.17. The molecule has 4 atom stereocenters. The smallest absolute Gasteiger partial charge is 0.264 e. The number of carbonyl (C=O) groups is 6. The van der Waals surface area contributed by atoms with Gasteiger partial charge in [-0.3, -0.25) is 34.2 Å². The molecule has 10 rings (SSSR count). The largest absolute Gasteiger partial charge is 0.487 e. The first kappa shape index (κ1) is 72.9. The van der Waals surface area contributed by atoms with Crippen LogP contribution in [0.25, 0.3) is 10.9 Å². The van der Waals surface area contributed by atoms with Gasteiger partial charge in [0.25, 0.3) is 15.9 Å². The van der Waals surface area contributed by atoms with Gasteiger partial charge < -0.3 is 51.1 Å². The van der Waals surface area contributed by atoms with E-state index >= 15 is 14.4 Å². The summed E-state index contributed by atoms with van der Waals surface area (Å²) in [7, 11) is -4.32. The number of para-hydroxylation sites is 1. The normalized spacial score (nSPS) is 13.7. The number of nitrogens with one attached hydrogen (secondary N) is 9. The number of nitrogens with zero attached hydrogens (tertiary/aromatic N) is 3. The Labute approximate surface area is 590 Å². The minimum absolute atomic E-state index is 0.0516. The van der Waals surface area contributed by atoms with Gasteiger partial charge in [-0.2, -0.15) is 0 Å². The third-order valence-corrected chi connectivity index (χ3v) is 20.1. The average Bonchev–Trinajstić information content (AvgIpc) is 1.73. The molecule has 22 heteroatoms. The average molecular weight is 1380 g/mol. The molecule has 0 bridgehead atoms. The van der Waals surface area contributed by atoms with Gasteiger partial charge in [-0.25, -0.2) is 18.1 Å². The van der Waals surface area contributed by atoms with Crippen LogP contribution in [0.15, 0.2) is 200 Å². The van der Waals surface area contributed by atoms with Gasteiger partial charge in [0.2, 0.25) is 35.5 Å². The van der Waals surface area contributed by atoms with E-state index in [2.05, 4.69) is 41.6 Å². The van der Waals surface area contributed by atoms with E-state index in [9.17, 15) is 22.8 Å². The maximum Gasteiger partial charge on any atom is 0.264 e. The summed E-state index contributed by atoms with van der Waals surface area (Å²) in [6.07, 6.45) is 6.88. The Balaban J connectivity index is 0.961. The zero-order valence-corrected chi connectivity index (χ0v) is 59.0. The van der Waals surface area contributed by atoms with E-state index in [1.807, 2.05) is 173 Å². The highest BCUT2D eigenvalue weighted by molar-refractivity contribution is 7.90. The van der Waals surface area contributed by atoms with Crippen LogP contribution in [0, 0.1) is 26.2 Å². The van der Waals surface area contributed by atoms with Crippen molar-refractivity contribution in [3.8, 4) is 5.75 Å². The van der Waals surface area contributed by atoms with Crippen LogP contribution in [0.3, 0.4) is 0 Å². The number of hydrogen-bond acceptors (Lipinski definition) is 11. The number of rotatable bonds is 31. The van der Waals surface area contributed by atoms with Gasteiger partial charge in [-0.1, -0.05) is 172 Å². The van der Waals surface area contributed by atoms with Gasteiger partial charge in [-0.05, 0) is 123 Å². The predicted molar refractivity (Wildman–Crippen MR) is 391 cm³/mol. The topological polar surface area (TPSA) is 291 Å². The summed E-state index contributed by atoms with van der Waals surface area (Å²) in [5.74, 6) is -3.72. The number of carbonyl (C=O) groups excluding carboxylic acids is 6. The van der Waals surface area contributed by atoms with Gasteiger partial charge in [0.05, 0.1) is 23.5 Å². The molecule has 0 aliphatic carbocycles. The number of aromatic nitrogens is 3. The Morgan fingerprint density at radius 1 is 0.644 bits per heavy atom. The highest BCUT2D eigenvalue weighted by Gasteiger charge is 2.41. The van der Waals surface area contributed by atoms with Crippen LogP contribution in [-0.2, 0) is 65.2 Å². The van der Waals surface area contributed by atoms with E-state index in [1.54, 1.807) is 79.7 Å². The van der Waals surface area contributed by atoms with Crippen molar-refractivity contribution in [3.05, 3.63) is 256 Å². The van der Waals surface area contributed by atoms with Crippen molar-refractivity contribution in [2.45, 2.75) is 140 Å². The van der Waals surface area contributed by atoms with Crippen molar-refractivity contribution in [1.29, 1.82) is 5.41 Å². The first-order valence-corrected chi connectivity index (χ1v) is 35.9. The zero-order valence-electron chi connectivity index (χ0n) is 58.2. The van der Waals surface area contributed by atoms with E-state index < -0.39 is 87.4 Å². The van der Waals surface area contributed by atoms with Crippen LogP contribution in [0.2, 0.25) is 0 Å². The van der Waals surface area contributed by atoms with Gasteiger partial charge >= 0.3 is 0 Å². The first-order valence-electron chi connectivity index (χ1n) is 34.4. The molecular weight excluding hydrogens is 1290 g/mol. The molecule has 21 nitrogen and oxygen atoms in total. The van der Waals surface area contributed by atoms with Crippen LogP contribution in [0.5, 0.6) is 5.75 Å². The maximum atomic E-state index is 15.5. The third kappa shape index (κ3) is 17.4. The van der Waals surface area contributed by atoms with Crippen molar-refractivity contribution >= 4 is 62.3 Å². The summed E-state index contributed by atoms with van der Waals surface area (Å²) >= 11 is 0. The lowest BCUT2D eigenvalue weighted by Crippen LogP contribution is -2.59. The molecule has 101 heavy (non-hydrogen) atoms. The molecule has 3 heterocycles. The number of fused-ring (bicyclic) bond motifs is 2. The first-order chi connectivity index (χ1) is 48.6. The SMILES string of the molecule is CCCN(CCC)C(=O)[C@H](Cc1c[nH]c2ccccc12)NC(=O)[C@H](CCCNC(=N)NS(=O)(=O)c1c(C)c(C)c2c(c1C)CC(C)(C)O2)NC(=O)[C@@H](Cc1ccccc1)NC(=O)[C@H](Cc1cn(C(c2ccccc2)(c2ccccc2)c2ccccc2)cn1)NC(=O)CNC(=O)c1ccccc1. The molecule has 9 N–H and O–H groups in total. The summed E-state index contributed by atoms with van der Waals surface area (Å²) in [4.78, 5) is 98.6. The highest BCUT2D eigenvalue weighted by atomic mass is 32.2. The second kappa shape index (κ2) is 32.9. The molecule has 0 saturated heterocycles. The number of amides is 6. The molecule has 7 aromatic carbocycles. The number of sulfonamides is 1. The fourth-order valence-corrected chi connectivity index (χ4v) is 15.0. The van der Waals surface area contributed by atoms with Crippen LogP contribution in [-0.4, -0.2) is 125 Å². The molecule has 0 radical (unpaired) electrons. The monoisotopic (exact) mass is 1380 g/mol. The summed E-state index contributed by atoms with van der Waals surface area (Å²) < 4.78 is 39.1. The molecule has 0 saturated carbocycles. The fraction of sp³-hybridized carbons (Fsp3) is 0.316. The minimum Gasteiger partial charge on any atom is -0.487 e. The number of H-pyrrole nitrogens is 1. The van der Waals surface area contributed by atoms with Crippen LogP contribution < -0.4 is 41.4 Å². The number of ether oxygens (including phenoxy) is 1. The summed E-state index contributed by atoms with van der Waals surface area (Å²) in [5.41, 5.74) is 6.65. The van der Waals surface area contributed by atoms with Crippen LogP contribution in [0.4, 0.5) is 0 Å². The van der Waals surface area contributed by atoms with E-state index in [-0.39, 0.29) is 49.5 Å². The molecule has 1 aliphatic rings. The molecule has 9 aromatic rings. The van der Waals surface area contributed by atoms with Gasteiger partial charge in [0, 0.05) is 79.7 Å². The van der Waals surface area contributed by atoms with Crippen molar-refractivity contribution in [1.82, 2.24) is 56.1 Å². The lowest BCUT2D eigenvalue weighted by Gasteiger charge is -2.37. The van der Waals surface area contributed by atoms with E-state index in [4.69, 9.17) is 15.1 Å². The molecule has 0 fully saturated rings. The molecule has 0 unspecified atom stereocenters. The molecule has 6 amide bonds. The molecule has 2 aromatic heterocycles. The van der Waals surface area contributed by atoms with Crippen LogP contribution in [0.1, 0.15) is 120 Å². The number of benzene rings is 7. The fourth-order valence-electron chi connectivity index (χ4n) is 13.5. The Morgan fingerprint density at radius 2 is 1.18 bits per heavy atom. The zero-order chi connectivity index (χ0) is 71.8. The van der Waals surface area contributed by atoms with Crippen molar-refractivity contribution in [2.75, 3.05) is 26.2 Å². The lowest BCUT2D eigenvalue weighted by atomic mass is 9.77.